The van der Waals surface area contributed by atoms with Crippen molar-refractivity contribution in [1.82, 2.24) is 19.1 Å². The SMILES string of the molecule is c1ccc(-c2nc(-n3c(-c4ccccc4)cc4ccc5cc(-c6ccccc6)n(-c6ccccc6)c5c43)c3ccccc3n2)cc1. The van der Waals surface area contributed by atoms with Crippen LogP contribution in [0.15, 0.2) is 170 Å². The molecule has 3 heterocycles. The molecule has 0 aliphatic heterocycles. The molecule has 0 bridgehead atoms. The molecular weight excluding hydrogens is 560 g/mol. The highest BCUT2D eigenvalue weighted by atomic mass is 15.1. The fraction of sp³-hybridized carbons (Fsp3) is 0. The van der Waals surface area contributed by atoms with E-state index in [-0.39, 0.29) is 0 Å². The maximum absolute atomic E-state index is 5.37. The maximum atomic E-state index is 5.37. The van der Waals surface area contributed by atoms with E-state index in [2.05, 4.69) is 155 Å². The number of para-hydroxylation sites is 2. The number of nitrogens with zero attached hydrogens (tertiary/aromatic N) is 4. The standard InChI is InChI=1S/C42H28N4/c1-5-15-29(16-6-1)37-27-32-25-26-33-28-38(30-17-7-2-8-18-30)46(40(33)39(32)45(37)34-21-11-4-12-22-34)42-35-23-13-14-24-36(35)43-41(44-42)31-19-9-3-10-20-31/h1-28H. The predicted molar refractivity (Wildman–Crippen MR) is 190 cm³/mol. The van der Waals surface area contributed by atoms with Gasteiger partial charge in [-0.25, -0.2) is 9.97 Å². The zero-order valence-electron chi connectivity index (χ0n) is 25.0. The zero-order valence-corrected chi connectivity index (χ0v) is 25.0. The Hall–Kier alpha value is -6.26. The highest BCUT2D eigenvalue weighted by Crippen LogP contribution is 2.41. The van der Waals surface area contributed by atoms with Gasteiger partial charge in [0.15, 0.2) is 5.82 Å². The maximum Gasteiger partial charge on any atom is 0.162 e. The summed E-state index contributed by atoms with van der Waals surface area (Å²) < 4.78 is 4.76. The molecule has 3 aromatic heterocycles. The van der Waals surface area contributed by atoms with Crippen LogP contribution < -0.4 is 0 Å². The molecule has 216 valence electrons. The third-order valence-electron chi connectivity index (χ3n) is 8.71. The van der Waals surface area contributed by atoms with Crippen LogP contribution in [-0.4, -0.2) is 19.1 Å². The first-order chi connectivity index (χ1) is 22.8. The normalized spacial score (nSPS) is 11.5. The Kier molecular flexibility index (Phi) is 6.10. The van der Waals surface area contributed by atoms with Gasteiger partial charge >= 0.3 is 0 Å². The fourth-order valence-corrected chi connectivity index (χ4v) is 6.63. The molecule has 0 atom stereocenters. The predicted octanol–water partition coefficient (Wildman–Crippen LogP) is 10.5. The van der Waals surface area contributed by atoms with Crippen molar-refractivity contribution in [1.29, 1.82) is 0 Å². The molecule has 0 saturated heterocycles. The second-order valence-corrected chi connectivity index (χ2v) is 11.5. The van der Waals surface area contributed by atoms with E-state index >= 15 is 0 Å². The molecule has 0 aliphatic rings. The number of fused-ring (bicyclic) bond motifs is 4. The Balaban J connectivity index is 1.48. The van der Waals surface area contributed by atoms with Gasteiger partial charge in [0.25, 0.3) is 0 Å². The van der Waals surface area contributed by atoms with E-state index in [1.807, 2.05) is 24.3 Å². The lowest BCUT2D eigenvalue weighted by molar-refractivity contribution is 1.04. The minimum atomic E-state index is 0.700. The van der Waals surface area contributed by atoms with Crippen LogP contribution in [0.1, 0.15) is 0 Å². The molecule has 0 amide bonds. The number of hydrogen-bond donors (Lipinski definition) is 0. The monoisotopic (exact) mass is 588 g/mol. The van der Waals surface area contributed by atoms with Crippen molar-refractivity contribution in [2.24, 2.45) is 0 Å². The lowest BCUT2D eigenvalue weighted by Gasteiger charge is -2.17. The van der Waals surface area contributed by atoms with Gasteiger partial charge in [0.1, 0.15) is 5.82 Å². The molecule has 0 fully saturated rings. The summed E-state index contributed by atoms with van der Waals surface area (Å²) >= 11 is 0. The average Bonchev–Trinajstić information content (AvgIpc) is 3.72. The molecule has 0 aliphatic carbocycles. The smallest absolute Gasteiger partial charge is 0.162 e. The van der Waals surface area contributed by atoms with E-state index in [1.165, 1.54) is 0 Å². The van der Waals surface area contributed by atoms with Crippen molar-refractivity contribution in [3.8, 4) is 45.4 Å². The third-order valence-corrected chi connectivity index (χ3v) is 8.71. The molecule has 0 radical (unpaired) electrons. The molecular formula is C42H28N4. The summed E-state index contributed by atoms with van der Waals surface area (Å²) in [6.07, 6.45) is 0. The lowest BCUT2D eigenvalue weighted by atomic mass is 10.1. The second kappa shape index (κ2) is 10.7. The van der Waals surface area contributed by atoms with Crippen molar-refractivity contribution < 1.29 is 0 Å². The van der Waals surface area contributed by atoms with Crippen LogP contribution in [0.25, 0.3) is 78.1 Å². The van der Waals surface area contributed by atoms with Gasteiger partial charge in [-0.1, -0.05) is 133 Å². The summed E-state index contributed by atoms with van der Waals surface area (Å²) in [5, 5.41) is 3.30. The van der Waals surface area contributed by atoms with Crippen molar-refractivity contribution in [2.75, 3.05) is 0 Å². The van der Waals surface area contributed by atoms with Crippen LogP contribution >= 0.6 is 0 Å². The Morgan fingerprint density at radius 1 is 0.391 bits per heavy atom. The molecule has 0 saturated carbocycles. The Morgan fingerprint density at radius 2 is 0.870 bits per heavy atom. The van der Waals surface area contributed by atoms with Crippen LogP contribution in [0.5, 0.6) is 0 Å². The van der Waals surface area contributed by atoms with E-state index in [0.717, 1.165) is 72.3 Å². The highest BCUT2D eigenvalue weighted by molar-refractivity contribution is 6.10. The largest absolute Gasteiger partial charge is 0.307 e. The summed E-state index contributed by atoms with van der Waals surface area (Å²) in [7, 11) is 0. The molecule has 4 heteroatoms. The molecule has 9 rings (SSSR count). The molecule has 0 N–H and O–H groups in total. The Labute approximate surface area is 266 Å². The zero-order chi connectivity index (χ0) is 30.5. The van der Waals surface area contributed by atoms with Crippen LogP contribution in [0.3, 0.4) is 0 Å². The van der Waals surface area contributed by atoms with Gasteiger partial charge in [-0.15, -0.1) is 0 Å². The Bertz CT molecular complexity index is 2500. The fourth-order valence-electron chi connectivity index (χ4n) is 6.63. The summed E-state index contributed by atoms with van der Waals surface area (Å²) in [4.78, 5) is 10.4. The van der Waals surface area contributed by atoms with Crippen LogP contribution in [0.2, 0.25) is 0 Å². The van der Waals surface area contributed by atoms with Crippen LogP contribution in [-0.2, 0) is 0 Å². The van der Waals surface area contributed by atoms with E-state index in [4.69, 9.17) is 9.97 Å². The average molecular weight is 589 g/mol. The van der Waals surface area contributed by atoms with Gasteiger partial charge in [-0.2, -0.15) is 0 Å². The van der Waals surface area contributed by atoms with Gasteiger partial charge in [-0.3, -0.25) is 4.57 Å². The minimum Gasteiger partial charge on any atom is -0.307 e. The number of aromatic nitrogens is 4. The van der Waals surface area contributed by atoms with Crippen LogP contribution in [0.4, 0.5) is 0 Å². The highest BCUT2D eigenvalue weighted by Gasteiger charge is 2.23. The summed E-state index contributed by atoms with van der Waals surface area (Å²) in [6.45, 7) is 0. The van der Waals surface area contributed by atoms with Gasteiger partial charge in [-0.05, 0) is 47.5 Å². The molecule has 4 nitrogen and oxygen atoms in total. The van der Waals surface area contributed by atoms with Crippen molar-refractivity contribution >= 4 is 32.7 Å². The first-order valence-corrected chi connectivity index (χ1v) is 15.5. The first kappa shape index (κ1) is 26.2. The van der Waals surface area contributed by atoms with Gasteiger partial charge < -0.3 is 4.57 Å². The molecule has 0 unspecified atom stereocenters. The van der Waals surface area contributed by atoms with Crippen molar-refractivity contribution in [3.63, 3.8) is 0 Å². The topological polar surface area (TPSA) is 35.6 Å². The summed E-state index contributed by atoms with van der Waals surface area (Å²) in [5.74, 6) is 1.55. The number of rotatable bonds is 5. The number of hydrogen-bond acceptors (Lipinski definition) is 2. The van der Waals surface area contributed by atoms with Crippen molar-refractivity contribution in [3.05, 3.63) is 170 Å². The van der Waals surface area contributed by atoms with E-state index in [1.54, 1.807) is 0 Å². The second-order valence-electron chi connectivity index (χ2n) is 11.5. The van der Waals surface area contributed by atoms with Gasteiger partial charge in [0, 0.05) is 27.4 Å². The van der Waals surface area contributed by atoms with Gasteiger partial charge in [0.05, 0.1) is 27.9 Å². The molecule has 46 heavy (non-hydrogen) atoms. The van der Waals surface area contributed by atoms with E-state index < -0.39 is 0 Å². The quantitative estimate of drug-likeness (QED) is 0.200. The lowest BCUT2D eigenvalue weighted by Crippen LogP contribution is -2.05. The third kappa shape index (κ3) is 4.23. The first-order valence-electron chi connectivity index (χ1n) is 15.5. The summed E-state index contributed by atoms with van der Waals surface area (Å²) in [6, 6.07) is 59.6. The Morgan fingerprint density at radius 3 is 1.48 bits per heavy atom. The summed E-state index contributed by atoms with van der Waals surface area (Å²) in [5.41, 5.74) is 9.73. The number of benzene rings is 6. The molecule has 9 aromatic rings. The van der Waals surface area contributed by atoms with Crippen LogP contribution in [0, 0.1) is 0 Å². The minimum absolute atomic E-state index is 0.700. The molecule has 0 spiro atoms. The van der Waals surface area contributed by atoms with E-state index in [0.29, 0.717) is 5.82 Å². The van der Waals surface area contributed by atoms with Gasteiger partial charge in [0.2, 0.25) is 0 Å². The molecule has 6 aromatic carbocycles. The van der Waals surface area contributed by atoms with Crippen molar-refractivity contribution in [2.45, 2.75) is 0 Å². The van der Waals surface area contributed by atoms with E-state index in [9.17, 15) is 0 Å².